The number of carbonyl (C=O) groups excluding carboxylic acids is 2. The highest BCUT2D eigenvalue weighted by molar-refractivity contribution is 5.98. The van der Waals surface area contributed by atoms with Crippen LogP contribution in [0.5, 0.6) is 5.75 Å². The molecule has 2 atom stereocenters. The molecule has 6 heteroatoms. The quantitative estimate of drug-likeness (QED) is 0.719. The van der Waals surface area contributed by atoms with Crippen LogP contribution in [0.25, 0.3) is 0 Å². The Kier molecular flexibility index (Phi) is 7.25. The fourth-order valence-corrected chi connectivity index (χ4v) is 3.77. The summed E-state index contributed by atoms with van der Waals surface area (Å²) >= 11 is 0. The predicted octanol–water partition coefficient (Wildman–Crippen LogP) is 2.93. The molecule has 2 aromatic carbocycles. The highest BCUT2D eigenvalue weighted by Crippen LogP contribution is 2.27. The monoisotopic (exact) mass is 396 g/mol. The van der Waals surface area contributed by atoms with Gasteiger partial charge in [0.15, 0.2) is 0 Å². The van der Waals surface area contributed by atoms with Gasteiger partial charge in [0.05, 0.1) is 24.8 Å². The molecule has 0 bridgehead atoms. The molecule has 3 rings (SSSR count). The maximum absolute atomic E-state index is 12.7. The second-order valence-electron chi connectivity index (χ2n) is 7.16. The van der Waals surface area contributed by atoms with Gasteiger partial charge in [0, 0.05) is 12.6 Å². The van der Waals surface area contributed by atoms with Crippen LogP contribution in [0.3, 0.4) is 0 Å². The van der Waals surface area contributed by atoms with E-state index in [1.807, 2.05) is 37.3 Å². The second kappa shape index (κ2) is 10.1. The highest BCUT2D eigenvalue weighted by atomic mass is 16.5. The zero-order valence-electron chi connectivity index (χ0n) is 16.7. The Bertz CT molecular complexity index is 825. The maximum atomic E-state index is 12.7. The highest BCUT2D eigenvalue weighted by Gasteiger charge is 2.30. The molecule has 1 fully saturated rings. The molecule has 29 heavy (non-hydrogen) atoms. The van der Waals surface area contributed by atoms with Crippen LogP contribution in [-0.4, -0.2) is 47.6 Å². The van der Waals surface area contributed by atoms with E-state index in [0.29, 0.717) is 30.9 Å². The molecule has 0 aliphatic carbocycles. The number of ether oxygens (including phenoxy) is 1. The van der Waals surface area contributed by atoms with Gasteiger partial charge in [-0.2, -0.15) is 0 Å². The molecule has 1 heterocycles. The zero-order chi connectivity index (χ0) is 20.6. The van der Waals surface area contributed by atoms with Crippen molar-refractivity contribution in [1.82, 2.24) is 10.2 Å². The van der Waals surface area contributed by atoms with E-state index in [-0.39, 0.29) is 24.4 Å². The second-order valence-corrected chi connectivity index (χ2v) is 7.16. The van der Waals surface area contributed by atoms with E-state index in [1.54, 1.807) is 29.2 Å². The SMILES string of the molecule is CCOc1ccccc1C(=O)NCC(=O)N1CCCC1CC(O)c1ccccc1. The summed E-state index contributed by atoms with van der Waals surface area (Å²) in [5.41, 5.74) is 1.27. The molecule has 2 N–H and O–H groups in total. The van der Waals surface area contributed by atoms with Crippen LogP contribution in [0.2, 0.25) is 0 Å². The summed E-state index contributed by atoms with van der Waals surface area (Å²) < 4.78 is 5.48. The average molecular weight is 396 g/mol. The summed E-state index contributed by atoms with van der Waals surface area (Å²) in [7, 11) is 0. The lowest BCUT2D eigenvalue weighted by Crippen LogP contribution is -2.43. The van der Waals surface area contributed by atoms with Gasteiger partial charge in [-0.3, -0.25) is 9.59 Å². The molecule has 2 amide bonds. The first-order valence-corrected chi connectivity index (χ1v) is 10.1. The third-order valence-electron chi connectivity index (χ3n) is 5.21. The zero-order valence-corrected chi connectivity index (χ0v) is 16.7. The maximum Gasteiger partial charge on any atom is 0.255 e. The molecular weight excluding hydrogens is 368 g/mol. The Morgan fingerprint density at radius 2 is 1.90 bits per heavy atom. The van der Waals surface area contributed by atoms with Gasteiger partial charge in [0.1, 0.15) is 5.75 Å². The van der Waals surface area contributed by atoms with Crippen LogP contribution in [0, 0.1) is 0 Å². The number of hydrogen-bond acceptors (Lipinski definition) is 4. The molecule has 6 nitrogen and oxygen atoms in total. The largest absolute Gasteiger partial charge is 0.493 e. The minimum atomic E-state index is -0.609. The van der Waals surface area contributed by atoms with Crippen molar-refractivity contribution >= 4 is 11.8 Å². The third kappa shape index (κ3) is 5.35. The Hall–Kier alpha value is -2.86. The van der Waals surface area contributed by atoms with Crippen LogP contribution in [-0.2, 0) is 4.79 Å². The lowest BCUT2D eigenvalue weighted by molar-refractivity contribution is -0.131. The number of nitrogens with zero attached hydrogens (tertiary/aromatic N) is 1. The van der Waals surface area contributed by atoms with Crippen LogP contribution < -0.4 is 10.1 Å². The van der Waals surface area contributed by atoms with Crippen molar-refractivity contribution in [2.75, 3.05) is 19.7 Å². The predicted molar refractivity (Wildman–Crippen MR) is 111 cm³/mol. The van der Waals surface area contributed by atoms with Crippen LogP contribution >= 0.6 is 0 Å². The van der Waals surface area contributed by atoms with Crippen LogP contribution in [0.4, 0.5) is 0 Å². The lowest BCUT2D eigenvalue weighted by Gasteiger charge is -2.27. The number of benzene rings is 2. The topological polar surface area (TPSA) is 78.9 Å². The van der Waals surface area contributed by atoms with E-state index >= 15 is 0 Å². The summed E-state index contributed by atoms with van der Waals surface area (Å²) in [6.45, 7) is 2.89. The molecule has 1 aliphatic rings. The van der Waals surface area contributed by atoms with Gasteiger partial charge < -0.3 is 20.1 Å². The summed E-state index contributed by atoms with van der Waals surface area (Å²) in [6, 6.07) is 16.4. The average Bonchev–Trinajstić information content (AvgIpc) is 3.21. The minimum absolute atomic E-state index is 0.0229. The number of rotatable bonds is 8. The number of nitrogens with one attached hydrogen (secondary N) is 1. The number of carbonyl (C=O) groups is 2. The number of para-hydroxylation sites is 1. The fourth-order valence-electron chi connectivity index (χ4n) is 3.77. The standard InChI is InChI=1S/C23H28N2O4/c1-2-29-21-13-7-6-12-19(21)23(28)24-16-22(27)25-14-8-11-18(25)15-20(26)17-9-4-3-5-10-17/h3-7,9-10,12-13,18,20,26H,2,8,11,14-16H2,1H3,(H,24,28). The summed E-state index contributed by atoms with van der Waals surface area (Å²) in [5, 5.41) is 13.2. The first-order chi connectivity index (χ1) is 14.1. The minimum Gasteiger partial charge on any atom is -0.493 e. The van der Waals surface area contributed by atoms with Crippen molar-refractivity contribution in [3.63, 3.8) is 0 Å². The van der Waals surface area contributed by atoms with E-state index < -0.39 is 6.10 Å². The summed E-state index contributed by atoms with van der Waals surface area (Å²) in [5.74, 6) is 0.0439. The smallest absolute Gasteiger partial charge is 0.255 e. The molecule has 1 saturated heterocycles. The van der Waals surface area contributed by atoms with E-state index in [2.05, 4.69) is 5.32 Å². The third-order valence-corrected chi connectivity index (χ3v) is 5.21. The van der Waals surface area contributed by atoms with Crippen molar-refractivity contribution in [2.24, 2.45) is 0 Å². The number of amides is 2. The van der Waals surface area contributed by atoms with Gasteiger partial charge >= 0.3 is 0 Å². The molecule has 154 valence electrons. The normalized spacial score (nSPS) is 17.0. The van der Waals surface area contributed by atoms with Crippen molar-refractivity contribution in [1.29, 1.82) is 0 Å². The summed E-state index contributed by atoms with van der Waals surface area (Å²) in [4.78, 5) is 27.0. The van der Waals surface area contributed by atoms with Crippen molar-refractivity contribution < 1.29 is 19.4 Å². The van der Waals surface area contributed by atoms with E-state index in [0.717, 1.165) is 18.4 Å². The van der Waals surface area contributed by atoms with Gasteiger partial charge in [0.25, 0.3) is 5.91 Å². The molecule has 2 unspecified atom stereocenters. The Morgan fingerprint density at radius 3 is 2.66 bits per heavy atom. The van der Waals surface area contributed by atoms with Crippen molar-refractivity contribution in [3.8, 4) is 5.75 Å². The summed E-state index contributed by atoms with van der Waals surface area (Å²) in [6.07, 6.45) is 1.65. The van der Waals surface area contributed by atoms with E-state index in [4.69, 9.17) is 4.74 Å². The molecule has 1 aliphatic heterocycles. The molecule has 0 radical (unpaired) electrons. The molecule has 0 aromatic heterocycles. The number of likely N-dealkylation sites (tertiary alicyclic amines) is 1. The van der Waals surface area contributed by atoms with E-state index in [9.17, 15) is 14.7 Å². The van der Waals surface area contributed by atoms with Crippen LogP contribution in [0.15, 0.2) is 54.6 Å². The van der Waals surface area contributed by atoms with Gasteiger partial charge in [-0.25, -0.2) is 0 Å². The Balaban J connectivity index is 1.56. The van der Waals surface area contributed by atoms with Gasteiger partial charge in [0.2, 0.25) is 5.91 Å². The number of hydrogen-bond donors (Lipinski definition) is 2. The first-order valence-electron chi connectivity index (χ1n) is 10.1. The van der Waals surface area contributed by atoms with Crippen molar-refractivity contribution in [3.05, 3.63) is 65.7 Å². The number of aliphatic hydroxyl groups excluding tert-OH is 1. The Labute approximate surface area is 171 Å². The van der Waals surface area contributed by atoms with Gasteiger partial charge in [-0.15, -0.1) is 0 Å². The lowest BCUT2D eigenvalue weighted by atomic mass is 10.0. The molecular formula is C23H28N2O4. The number of aliphatic hydroxyl groups is 1. The van der Waals surface area contributed by atoms with E-state index in [1.165, 1.54) is 0 Å². The van der Waals surface area contributed by atoms with Gasteiger partial charge in [-0.1, -0.05) is 42.5 Å². The molecule has 2 aromatic rings. The molecule has 0 saturated carbocycles. The van der Waals surface area contributed by atoms with Crippen LogP contribution in [0.1, 0.15) is 48.2 Å². The van der Waals surface area contributed by atoms with Crippen molar-refractivity contribution in [2.45, 2.75) is 38.3 Å². The van der Waals surface area contributed by atoms with Gasteiger partial charge in [-0.05, 0) is 43.9 Å². The fraction of sp³-hybridized carbons (Fsp3) is 0.391. The first kappa shape index (κ1) is 20.9. The Morgan fingerprint density at radius 1 is 1.17 bits per heavy atom. The molecule has 0 spiro atoms.